The molecule has 0 bridgehead atoms. The van der Waals surface area contributed by atoms with Gasteiger partial charge in [-0.25, -0.2) is 4.39 Å². The van der Waals surface area contributed by atoms with E-state index in [4.69, 9.17) is 4.74 Å². The average Bonchev–Trinajstić information content (AvgIpc) is 3.54. The van der Waals surface area contributed by atoms with Gasteiger partial charge in [-0.1, -0.05) is 0 Å². The molecule has 2 atom stereocenters. The third kappa shape index (κ3) is 5.17. The molecule has 1 aromatic rings. The standard InChI is InChI=1S/C20H21F6N3O4/c1-18(2,16(31)27-8-19(22,23)20(24,25)26)17(32)29-13-14(9-3-4-9)33-12-6-5-10(21)7-11(12)28-15(13)30/h5-7,9,13-14H,3-4,8H2,1-2H3,(H,27,31)(H,28,30)(H,29,32)/t13?,14-/m0/s1. The number of carbonyl (C=O) groups excluding carboxylic acids is 3. The van der Waals surface area contributed by atoms with Gasteiger partial charge in [-0.15, -0.1) is 0 Å². The second-order valence-corrected chi connectivity index (χ2v) is 8.51. The number of anilines is 1. The second-order valence-electron chi connectivity index (χ2n) is 8.51. The number of alkyl halides is 5. The van der Waals surface area contributed by atoms with E-state index < -0.39 is 59.7 Å². The predicted octanol–water partition coefficient (Wildman–Crippen LogP) is 2.76. The topological polar surface area (TPSA) is 96.5 Å². The van der Waals surface area contributed by atoms with Crippen LogP contribution in [-0.4, -0.2) is 48.5 Å². The number of fused-ring (bicyclic) bond motifs is 1. The van der Waals surface area contributed by atoms with Gasteiger partial charge in [0.05, 0.1) is 12.2 Å². The third-order valence-electron chi connectivity index (χ3n) is 5.47. The maximum atomic E-state index is 13.6. The first kappa shape index (κ1) is 24.6. The maximum absolute atomic E-state index is 13.6. The van der Waals surface area contributed by atoms with Crippen LogP contribution in [0.4, 0.5) is 32.0 Å². The first-order valence-electron chi connectivity index (χ1n) is 9.94. The quantitative estimate of drug-likeness (QED) is 0.430. The summed E-state index contributed by atoms with van der Waals surface area (Å²) in [5.74, 6) is -9.04. The Bertz CT molecular complexity index is 962. The monoisotopic (exact) mass is 481 g/mol. The van der Waals surface area contributed by atoms with Gasteiger partial charge in [0, 0.05) is 6.07 Å². The molecule has 3 N–H and O–H groups in total. The minimum Gasteiger partial charge on any atom is -0.485 e. The van der Waals surface area contributed by atoms with E-state index in [0.717, 1.165) is 26.0 Å². The van der Waals surface area contributed by atoms with Crippen molar-refractivity contribution in [1.29, 1.82) is 0 Å². The van der Waals surface area contributed by atoms with Crippen LogP contribution in [0.25, 0.3) is 0 Å². The Morgan fingerprint density at radius 2 is 1.76 bits per heavy atom. The highest BCUT2D eigenvalue weighted by atomic mass is 19.4. The van der Waals surface area contributed by atoms with Crippen LogP contribution in [0.3, 0.4) is 0 Å². The molecule has 0 saturated heterocycles. The van der Waals surface area contributed by atoms with Crippen molar-refractivity contribution in [3.8, 4) is 5.75 Å². The molecular weight excluding hydrogens is 460 g/mol. The van der Waals surface area contributed by atoms with Gasteiger partial charge in [0.1, 0.15) is 29.1 Å². The summed E-state index contributed by atoms with van der Waals surface area (Å²) in [6, 6.07) is 2.13. The zero-order valence-electron chi connectivity index (χ0n) is 17.5. The van der Waals surface area contributed by atoms with E-state index in [9.17, 15) is 40.7 Å². The number of carbonyl (C=O) groups is 3. The summed E-state index contributed by atoms with van der Waals surface area (Å²) >= 11 is 0. The lowest BCUT2D eigenvalue weighted by Crippen LogP contribution is -2.58. The van der Waals surface area contributed by atoms with Gasteiger partial charge in [-0.05, 0) is 44.7 Å². The molecule has 0 aromatic heterocycles. The largest absolute Gasteiger partial charge is 0.485 e. The van der Waals surface area contributed by atoms with Crippen molar-refractivity contribution in [2.45, 2.75) is 50.9 Å². The number of hydrogen-bond donors (Lipinski definition) is 3. The Balaban J connectivity index is 1.74. The zero-order chi connectivity index (χ0) is 24.8. The Kier molecular flexibility index (Phi) is 6.28. The molecule has 182 valence electrons. The Morgan fingerprint density at radius 1 is 1.12 bits per heavy atom. The number of benzene rings is 1. The molecule has 1 heterocycles. The first-order chi connectivity index (χ1) is 15.1. The van der Waals surface area contributed by atoms with Crippen molar-refractivity contribution in [3.63, 3.8) is 0 Å². The molecule has 3 amide bonds. The van der Waals surface area contributed by atoms with Crippen molar-refractivity contribution in [2.75, 3.05) is 11.9 Å². The predicted molar refractivity (Wildman–Crippen MR) is 102 cm³/mol. The van der Waals surface area contributed by atoms with E-state index in [0.29, 0.717) is 12.8 Å². The summed E-state index contributed by atoms with van der Waals surface area (Å²) in [5, 5.41) is 6.20. The van der Waals surface area contributed by atoms with Crippen LogP contribution in [0, 0.1) is 17.2 Å². The van der Waals surface area contributed by atoms with E-state index in [1.807, 2.05) is 0 Å². The van der Waals surface area contributed by atoms with Gasteiger partial charge in [-0.2, -0.15) is 22.0 Å². The van der Waals surface area contributed by atoms with Crippen molar-refractivity contribution >= 4 is 23.4 Å². The summed E-state index contributed by atoms with van der Waals surface area (Å²) in [5.41, 5.74) is -2.07. The lowest BCUT2D eigenvalue weighted by atomic mass is 9.90. The molecule has 1 aromatic carbocycles. The van der Waals surface area contributed by atoms with Crippen LogP contribution in [0.1, 0.15) is 26.7 Å². The van der Waals surface area contributed by atoms with Crippen LogP contribution < -0.4 is 20.7 Å². The van der Waals surface area contributed by atoms with Crippen LogP contribution in [-0.2, 0) is 14.4 Å². The fraction of sp³-hybridized carbons (Fsp3) is 0.550. The number of rotatable bonds is 6. The van der Waals surface area contributed by atoms with E-state index in [1.165, 1.54) is 11.4 Å². The van der Waals surface area contributed by atoms with Crippen molar-refractivity contribution < 1.29 is 45.5 Å². The smallest absolute Gasteiger partial charge is 0.455 e. The number of hydrogen-bond acceptors (Lipinski definition) is 4. The van der Waals surface area contributed by atoms with Gasteiger partial charge < -0.3 is 20.7 Å². The van der Waals surface area contributed by atoms with Gasteiger partial charge in [0.15, 0.2) is 0 Å². The highest BCUT2D eigenvalue weighted by molar-refractivity contribution is 6.07. The molecule has 0 radical (unpaired) electrons. The SMILES string of the molecule is CC(C)(C(=O)NCC(F)(F)C(F)(F)F)C(=O)NC1C(=O)Nc2cc(F)ccc2O[C@H]1C1CC1. The van der Waals surface area contributed by atoms with Crippen molar-refractivity contribution in [3.05, 3.63) is 24.0 Å². The second kappa shape index (κ2) is 8.41. The fourth-order valence-corrected chi connectivity index (χ4v) is 3.16. The first-order valence-corrected chi connectivity index (χ1v) is 9.94. The van der Waals surface area contributed by atoms with Gasteiger partial charge in [0.2, 0.25) is 11.8 Å². The summed E-state index contributed by atoms with van der Waals surface area (Å²) in [6.45, 7) is -0.0329. The molecule has 33 heavy (non-hydrogen) atoms. The lowest BCUT2D eigenvalue weighted by molar-refractivity contribution is -0.278. The fourth-order valence-electron chi connectivity index (χ4n) is 3.16. The molecule has 13 heteroatoms. The highest BCUT2D eigenvalue weighted by Crippen LogP contribution is 2.40. The molecule has 1 aliphatic carbocycles. The minimum atomic E-state index is -5.88. The van der Waals surface area contributed by atoms with Crippen LogP contribution in [0.5, 0.6) is 5.75 Å². The normalized spacial score (nSPS) is 21.3. The zero-order valence-corrected chi connectivity index (χ0v) is 17.5. The molecule has 1 fully saturated rings. The maximum Gasteiger partial charge on any atom is 0.455 e. The number of nitrogens with one attached hydrogen (secondary N) is 3. The number of amides is 3. The highest BCUT2D eigenvalue weighted by Gasteiger charge is 2.58. The van der Waals surface area contributed by atoms with E-state index in [1.54, 1.807) is 0 Å². The summed E-state index contributed by atoms with van der Waals surface area (Å²) in [6.07, 6.45) is -5.39. The van der Waals surface area contributed by atoms with E-state index in [2.05, 4.69) is 10.6 Å². The molecule has 0 spiro atoms. The Morgan fingerprint density at radius 3 is 2.33 bits per heavy atom. The molecule has 7 nitrogen and oxygen atoms in total. The lowest BCUT2D eigenvalue weighted by Gasteiger charge is -2.29. The number of ether oxygens (including phenoxy) is 1. The van der Waals surface area contributed by atoms with Gasteiger partial charge in [-0.3, -0.25) is 14.4 Å². The van der Waals surface area contributed by atoms with Gasteiger partial charge in [0.25, 0.3) is 5.91 Å². The Hall–Kier alpha value is -2.99. The molecule has 1 aliphatic heterocycles. The minimum absolute atomic E-state index is 0.0359. The van der Waals surface area contributed by atoms with Crippen molar-refractivity contribution in [2.24, 2.45) is 11.3 Å². The molecule has 3 rings (SSSR count). The summed E-state index contributed by atoms with van der Waals surface area (Å²) < 4.78 is 82.6. The van der Waals surface area contributed by atoms with Crippen molar-refractivity contribution in [1.82, 2.24) is 10.6 Å². The third-order valence-corrected chi connectivity index (χ3v) is 5.47. The molecule has 2 aliphatic rings. The van der Waals surface area contributed by atoms with Crippen LogP contribution in [0.2, 0.25) is 0 Å². The molecule has 1 saturated carbocycles. The summed E-state index contributed by atoms with van der Waals surface area (Å²) in [7, 11) is 0. The molecular formula is C20H21F6N3O4. The Labute approximate surface area is 184 Å². The van der Waals surface area contributed by atoms with Crippen LogP contribution >= 0.6 is 0 Å². The average molecular weight is 481 g/mol. The molecule has 1 unspecified atom stereocenters. The van der Waals surface area contributed by atoms with E-state index in [-0.39, 0.29) is 17.4 Å². The number of halogens is 6. The summed E-state index contributed by atoms with van der Waals surface area (Å²) in [4.78, 5) is 37.8. The van der Waals surface area contributed by atoms with Crippen LogP contribution in [0.15, 0.2) is 18.2 Å². The van der Waals surface area contributed by atoms with Gasteiger partial charge >= 0.3 is 12.1 Å². The van der Waals surface area contributed by atoms with E-state index >= 15 is 0 Å².